The molecular weight excluding hydrogens is 453 g/mol. The van der Waals surface area contributed by atoms with Gasteiger partial charge in [-0.15, -0.1) is 0 Å². The van der Waals surface area contributed by atoms with Crippen molar-refractivity contribution >= 4 is 32.5 Å². The highest BCUT2D eigenvalue weighted by atomic mass is 31.1. The van der Waals surface area contributed by atoms with Crippen molar-refractivity contribution in [3.8, 4) is 0 Å². The topological polar surface area (TPSA) is 38.3 Å². The van der Waals surface area contributed by atoms with Gasteiger partial charge in [-0.1, -0.05) is 118 Å². The molecule has 0 aliphatic rings. The van der Waals surface area contributed by atoms with Gasteiger partial charge in [0.05, 0.1) is 27.3 Å². The van der Waals surface area contributed by atoms with Crippen molar-refractivity contribution in [3.05, 3.63) is 96.6 Å². The number of nitrogens with one attached hydrogen (secondary N) is 1. The summed E-state index contributed by atoms with van der Waals surface area (Å²) < 4.78 is 5.93. The molecule has 0 heterocycles. The largest absolute Gasteiger partial charge is 0.375 e. The molecule has 0 aliphatic carbocycles. The summed E-state index contributed by atoms with van der Waals surface area (Å²) in [5, 5.41) is 6.32. The molecule has 0 spiro atoms. The zero-order chi connectivity index (χ0) is 24.4. The minimum atomic E-state index is -1.67. The first kappa shape index (κ1) is 26.3. The lowest BCUT2D eigenvalue weighted by atomic mass is 10.2. The Morgan fingerprint density at radius 3 is 1.82 bits per heavy atom. The lowest BCUT2D eigenvalue weighted by molar-refractivity contribution is -0.122. The van der Waals surface area contributed by atoms with Crippen LogP contribution in [-0.2, 0) is 16.1 Å². The summed E-state index contributed by atoms with van der Waals surface area (Å²) >= 11 is 0. The van der Waals surface area contributed by atoms with E-state index >= 15 is 0 Å². The maximum Gasteiger partial charge on any atom is 0.220 e. The Kier molecular flexibility index (Phi) is 10.1. The fourth-order valence-corrected chi connectivity index (χ4v) is 11.2. The molecule has 34 heavy (non-hydrogen) atoms. The van der Waals surface area contributed by atoms with Crippen LogP contribution in [0.15, 0.2) is 91.0 Å². The number of carbonyl (C=O) groups is 1. The summed E-state index contributed by atoms with van der Waals surface area (Å²) in [6.45, 7) is 10.4. The van der Waals surface area contributed by atoms with Crippen LogP contribution < -0.4 is 15.9 Å². The highest BCUT2D eigenvalue weighted by Crippen LogP contribution is 2.45. The van der Waals surface area contributed by atoms with Gasteiger partial charge in [0.15, 0.2) is 0 Å². The van der Waals surface area contributed by atoms with Crippen LogP contribution in [0.2, 0.25) is 19.6 Å². The molecule has 0 unspecified atom stereocenters. The van der Waals surface area contributed by atoms with Gasteiger partial charge >= 0.3 is 0 Å². The Morgan fingerprint density at radius 2 is 1.35 bits per heavy atom. The molecule has 3 nitrogen and oxygen atoms in total. The molecule has 1 amide bonds. The van der Waals surface area contributed by atoms with E-state index in [-0.39, 0.29) is 11.9 Å². The number of hydrogen-bond acceptors (Lipinski definition) is 2. The van der Waals surface area contributed by atoms with Gasteiger partial charge in [-0.2, -0.15) is 0 Å². The van der Waals surface area contributed by atoms with E-state index in [1.165, 1.54) is 10.6 Å². The molecule has 2 atom stereocenters. The molecule has 180 valence electrons. The van der Waals surface area contributed by atoms with Crippen LogP contribution in [0.25, 0.3) is 0 Å². The van der Waals surface area contributed by atoms with E-state index in [9.17, 15) is 4.79 Å². The van der Waals surface area contributed by atoms with Crippen molar-refractivity contribution in [2.45, 2.75) is 57.3 Å². The maximum atomic E-state index is 13.3. The van der Waals surface area contributed by atoms with Crippen molar-refractivity contribution in [2.24, 2.45) is 0 Å². The number of hydrogen-bond donors (Lipinski definition) is 1. The Hall–Kier alpha value is -2.26. The molecule has 0 saturated heterocycles. The standard InChI is InChI=1S/C29H38NO2PSi/c1-5-25(23-32-22-24-15-9-6-10-16-24)30-28(31)21-29(34(2,3)4)33(26-17-11-7-12-18-26)27-19-13-8-14-20-27/h6-20,25,29H,5,21-23H2,1-4H3,(H,30,31)/t25-,29-/m1/s1. The minimum Gasteiger partial charge on any atom is -0.375 e. The average molecular weight is 492 g/mol. The number of carbonyl (C=O) groups excluding carboxylic acids is 1. The molecule has 3 aromatic rings. The quantitative estimate of drug-likeness (QED) is 0.254. The third kappa shape index (κ3) is 7.90. The third-order valence-electron chi connectivity index (χ3n) is 6.05. The number of rotatable bonds is 12. The first-order chi connectivity index (χ1) is 16.4. The normalized spacial score (nSPS) is 13.4. The smallest absolute Gasteiger partial charge is 0.220 e. The van der Waals surface area contributed by atoms with Crippen LogP contribution >= 0.6 is 7.92 Å². The molecule has 0 aliphatic heterocycles. The summed E-state index contributed by atoms with van der Waals surface area (Å²) in [6.07, 6.45) is 1.41. The molecule has 0 bridgehead atoms. The van der Waals surface area contributed by atoms with E-state index in [0.717, 1.165) is 12.0 Å². The number of benzene rings is 3. The molecule has 0 saturated carbocycles. The third-order valence-corrected chi connectivity index (χ3v) is 13.9. The lowest BCUT2D eigenvalue weighted by Gasteiger charge is -2.37. The fourth-order valence-electron chi connectivity index (χ4n) is 4.09. The van der Waals surface area contributed by atoms with E-state index in [4.69, 9.17) is 4.74 Å². The minimum absolute atomic E-state index is 0.0261. The molecule has 0 fully saturated rings. The van der Waals surface area contributed by atoms with E-state index in [1.807, 2.05) is 18.2 Å². The zero-order valence-electron chi connectivity index (χ0n) is 20.9. The molecule has 5 heteroatoms. The van der Waals surface area contributed by atoms with Gasteiger partial charge in [-0.3, -0.25) is 4.79 Å². The summed E-state index contributed by atoms with van der Waals surface area (Å²) in [7, 11) is -2.31. The highest BCUT2D eigenvalue weighted by molar-refractivity contribution is 7.75. The van der Waals surface area contributed by atoms with Gasteiger partial charge in [0.1, 0.15) is 0 Å². The predicted octanol–water partition coefficient (Wildman–Crippen LogP) is 5.87. The second kappa shape index (κ2) is 13.0. The average Bonchev–Trinajstić information content (AvgIpc) is 2.84. The second-order valence-corrected chi connectivity index (χ2v) is 18.1. The Bertz CT molecular complexity index is 953. The van der Waals surface area contributed by atoms with Gasteiger partial charge in [-0.25, -0.2) is 0 Å². The van der Waals surface area contributed by atoms with Gasteiger partial charge in [0.25, 0.3) is 0 Å². The van der Waals surface area contributed by atoms with Crippen LogP contribution in [0, 0.1) is 0 Å². The first-order valence-electron chi connectivity index (χ1n) is 12.2. The monoisotopic (exact) mass is 491 g/mol. The molecule has 0 aromatic heterocycles. The second-order valence-electron chi connectivity index (χ2n) is 9.80. The van der Waals surface area contributed by atoms with Crippen LogP contribution in [0.5, 0.6) is 0 Å². The summed E-state index contributed by atoms with van der Waals surface area (Å²) in [4.78, 5) is 13.3. The zero-order valence-corrected chi connectivity index (χ0v) is 22.8. The SMILES string of the molecule is CC[C@H](COCc1ccccc1)NC(=O)C[C@H](P(c1ccccc1)c1ccccc1)[Si](C)(C)C. The van der Waals surface area contributed by atoms with Crippen molar-refractivity contribution in [1.29, 1.82) is 0 Å². The van der Waals surface area contributed by atoms with Gasteiger partial charge < -0.3 is 10.1 Å². The van der Waals surface area contributed by atoms with Gasteiger partial charge in [0.2, 0.25) is 5.91 Å². The fraction of sp³-hybridized carbons (Fsp3) is 0.345. The maximum absolute atomic E-state index is 13.3. The Balaban J connectivity index is 1.72. The molecular formula is C29H38NO2PSi. The molecule has 3 aromatic carbocycles. The Labute approximate surface area is 207 Å². The van der Waals surface area contributed by atoms with E-state index < -0.39 is 16.0 Å². The summed E-state index contributed by atoms with van der Waals surface area (Å²) in [5.74, 6) is 0.141. The van der Waals surface area contributed by atoms with Crippen molar-refractivity contribution in [3.63, 3.8) is 0 Å². The molecule has 0 radical (unpaired) electrons. The van der Waals surface area contributed by atoms with E-state index in [1.54, 1.807) is 0 Å². The summed E-state index contributed by atoms with van der Waals surface area (Å²) in [5.41, 5.74) is 1.15. The predicted molar refractivity (Wildman–Crippen MR) is 149 cm³/mol. The molecule has 3 rings (SSSR count). The lowest BCUT2D eigenvalue weighted by Crippen LogP contribution is -2.46. The summed E-state index contributed by atoms with van der Waals surface area (Å²) in [6, 6.07) is 31.7. The first-order valence-corrected chi connectivity index (χ1v) is 17.2. The van der Waals surface area contributed by atoms with Crippen molar-refractivity contribution in [1.82, 2.24) is 5.32 Å². The van der Waals surface area contributed by atoms with Crippen molar-refractivity contribution < 1.29 is 9.53 Å². The van der Waals surface area contributed by atoms with Crippen LogP contribution in [-0.4, -0.2) is 31.9 Å². The van der Waals surface area contributed by atoms with E-state index in [0.29, 0.717) is 24.9 Å². The van der Waals surface area contributed by atoms with Gasteiger partial charge in [-0.05, 0) is 35.8 Å². The van der Waals surface area contributed by atoms with Crippen LogP contribution in [0.3, 0.4) is 0 Å². The number of ether oxygens (including phenoxy) is 1. The Morgan fingerprint density at radius 1 is 0.853 bits per heavy atom. The van der Waals surface area contributed by atoms with E-state index in [2.05, 4.69) is 105 Å². The molecule has 1 N–H and O–H groups in total. The van der Waals surface area contributed by atoms with Gasteiger partial charge in [0, 0.05) is 6.42 Å². The van der Waals surface area contributed by atoms with Crippen LogP contribution in [0.1, 0.15) is 25.3 Å². The number of amides is 1. The van der Waals surface area contributed by atoms with Crippen molar-refractivity contribution in [2.75, 3.05) is 6.61 Å². The van der Waals surface area contributed by atoms with Crippen LogP contribution in [0.4, 0.5) is 0 Å². The highest BCUT2D eigenvalue weighted by Gasteiger charge is 2.37.